The number of pyridine rings is 1. The predicted molar refractivity (Wildman–Crippen MR) is 100 cm³/mol. The van der Waals surface area contributed by atoms with Gasteiger partial charge in [-0.3, -0.25) is 9.78 Å². The van der Waals surface area contributed by atoms with Crippen LogP contribution in [-0.4, -0.2) is 15.5 Å². The molecule has 0 radical (unpaired) electrons. The molecule has 1 aromatic carbocycles. The third kappa shape index (κ3) is 3.29. The highest BCUT2D eigenvalue weighted by atomic mass is 16.2. The molecule has 1 fully saturated rings. The Kier molecular flexibility index (Phi) is 4.04. The fourth-order valence-electron chi connectivity index (χ4n) is 3.51. The van der Waals surface area contributed by atoms with Gasteiger partial charge in [-0.2, -0.15) is 0 Å². The van der Waals surface area contributed by atoms with Crippen LogP contribution in [-0.2, 0) is 11.3 Å². The summed E-state index contributed by atoms with van der Waals surface area (Å²) in [5.74, 6) is 1.08. The molecule has 2 atom stereocenters. The Morgan fingerprint density at radius 2 is 2.20 bits per heavy atom. The number of hydrogen-bond acceptors (Lipinski definition) is 2. The summed E-state index contributed by atoms with van der Waals surface area (Å²) in [5.41, 5.74) is 3.24. The van der Waals surface area contributed by atoms with Gasteiger partial charge in [-0.1, -0.05) is 19.9 Å². The lowest BCUT2D eigenvalue weighted by Gasteiger charge is -2.09. The second-order valence-electron chi connectivity index (χ2n) is 7.36. The molecule has 1 aliphatic rings. The molecule has 0 spiro atoms. The zero-order valence-electron chi connectivity index (χ0n) is 14.6. The third-order valence-electron chi connectivity index (χ3n) is 4.84. The van der Waals surface area contributed by atoms with E-state index < -0.39 is 0 Å². The van der Waals surface area contributed by atoms with Crippen LogP contribution >= 0.6 is 0 Å². The van der Waals surface area contributed by atoms with Crippen LogP contribution in [0.3, 0.4) is 0 Å². The molecule has 1 aliphatic carbocycles. The summed E-state index contributed by atoms with van der Waals surface area (Å²) in [6.07, 6.45) is 6.66. The minimum Gasteiger partial charge on any atom is -0.347 e. The van der Waals surface area contributed by atoms with Crippen molar-refractivity contribution in [2.75, 3.05) is 5.32 Å². The van der Waals surface area contributed by atoms with Gasteiger partial charge in [0.05, 0.1) is 0 Å². The number of nitrogens with zero attached hydrogens (tertiary/aromatic N) is 2. The molecule has 2 aromatic heterocycles. The van der Waals surface area contributed by atoms with E-state index in [1.54, 1.807) is 6.20 Å². The van der Waals surface area contributed by atoms with Gasteiger partial charge in [-0.25, -0.2) is 0 Å². The Bertz CT molecular complexity index is 898. The second kappa shape index (κ2) is 6.36. The van der Waals surface area contributed by atoms with Crippen LogP contribution in [0.4, 0.5) is 5.69 Å². The van der Waals surface area contributed by atoms with Gasteiger partial charge in [0.15, 0.2) is 0 Å². The standard InChI is InChI=1S/C21H23N3O/c1-14(2)13-24-9-7-15-10-17(5-6-20(15)24)23-21(25)19-11-18(19)16-4-3-8-22-12-16/h3-10,12,14,18-19H,11,13H2,1-2H3,(H,23,25). The monoisotopic (exact) mass is 333 g/mol. The van der Waals surface area contributed by atoms with Gasteiger partial charge < -0.3 is 9.88 Å². The number of rotatable bonds is 5. The fourth-order valence-corrected chi connectivity index (χ4v) is 3.51. The van der Waals surface area contributed by atoms with Crippen molar-refractivity contribution in [2.24, 2.45) is 11.8 Å². The van der Waals surface area contributed by atoms with E-state index in [4.69, 9.17) is 0 Å². The summed E-state index contributed by atoms with van der Waals surface area (Å²) in [5, 5.41) is 4.24. The summed E-state index contributed by atoms with van der Waals surface area (Å²) >= 11 is 0. The molecule has 25 heavy (non-hydrogen) atoms. The highest BCUT2D eigenvalue weighted by Crippen LogP contribution is 2.47. The molecule has 1 saturated carbocycles. The first-order valence-electron chi connectivity index (χ1n) is 8.91. The van der Waals surface area contributed by atoms with Crippen molar-refractivity contribution in [2.45, 2.75) is 32.7 Å². The second-order valence-corrected chi connectivity index (χ2v) is 7.36. The van der Waals surface area contributed by atoms with Gasteiger partial charge >= 0.3 is 0 Å². The maximum absolute atomic E-state index is 12.5. The number of anilines is 1. The molecule has 0 bridgehead atoms. The number of hydrogen-bond donors (Lipinski definition) is 1. The summed E-state index contributed by atoms with van der Waals surface area (Å²) in [6, 6.07) is 12.2. The Hall–Kier alpha value is -2.62. The zero-order valence-corrected chi connectivity index (χ0v) is 14.6. The Labute approximate surface area is 147 Å². The van der Waals surface area contributed by atoms with Crippen LogP contribution in [0, 0.1) is 11.8 Å². The SMILES string of the molecule is CC(C)Cn1ccc2cc(NC(=O)C3CC3c3cccnc3)ccc21. The minimum absolute atomic E-state index is 0.0606. The molecular formula is C21H23N3O. The first-order valence-corrected chi connectivity index (χ1v) is 8.91. The first kappa shape index (κ1) is 15.9. The first-order chi connectivity index (χ1) is 12.1. The maximum Gasteiger partial charge on any atom is 0.228 e. The van der Waals surface area contributed by atoms with E-state index in [0.717, 1.165) is 29.6 Å². The molecule has 4 nitrogen and oxygen atoms in total. The van der Waals surface area contributed by atoms with Crippen LogP contribution in [0.15, 0.2) is 55.0 Å². The highest BCUT2D eigenvalue weighted by molar-refractivity contribution is 5.97. The molecular weight excluding hydrogens is 310 g/mol. The number of amides is 1. The van der Waals surface area contributed by atoms with Gasteiger partial charge in [0.25, 0.3) is 0 Å². The summed E-state index contributed by atoms with van der Waals surface area (Å²) in [4.78, 5) is 16.7. The third-order valence-corrected chi connectivity index (χ3v) is 4.84. The normalized spacial score (nSPS) is 19.3. The highest BCUT2D eigenvalue weighted by Gasteiger charge is 2.44. The van der Waals surface area contributed by atoms with E-state index in [1.165, 1.54) is 5.52 Å². The van der Waals surface area contributed by atoms with Crippen LogP contribution in [0.25, 0.3) is 10.9 Å². The van der Waals surface area contributed by atoms with Gasteiger partial charge in [-0.05, 0) is 54.2 Å². The Morgan fingerprint density at radius 3 is 2.96 bits per heavy atom. The predicted octanol–water partition coefficient (Wildman–Crippen LogP) is 4.43. The van der Waals surface area contributed by atoms with Crippen molar-refractivity contribution in [3.63, 3.8) is 0 Å². The fraction of sp³-hybridized carbons (Fsp3) is 0.333. The van der Waals surface area contributed by atoms with Crippen LogP contribution in [0.1, 0.15) is 31.7 Å². The molecule has 4 heteroatoms. The average molecular weight is 333 g/mol. The summed E-state index contributed by atoms with van der Waals surface area (Å²) in [6.45, 7) is 5.44. The Balaban J connectivity index is 1.45. The van der Waals surface area contributed by atoms with E-state index in [0.29, 0.717) is 11.8 Å². The molecule has 0 saturated heterocycles. The van der Waals surface area contributed by atoms with Crippen molar-refractivity contribution in [3.05, 3.63) is 60.6 Å². The van der Waals surface area contributed by atoms with Crippen molar-refractivity contribution >= 4 is 22.5 Å². The number of benzene rings is 1. The van der Waals surface area contributed by atoms with Crippen LogP contribution in [0.2, 0.25) is 0 Å². The van der Waals surface area contributed by atoms with E-state index in [2.05, 4.69) is 59.2 Å². The number of fused-ring (bicyclic) bond motifs is 1. The molecule has 128 valence electrons. The lowest BCUT2D eigenvalue weighted by atomic mass is 10.1. The smallest absolute Gasteiger partial charge is 0.228 e. The van der Waals surface area contributed by atoms with Crippen molar-refractivity contribution in [1.82, 2.24) is 9.55 Å². The van der Waals surface area contributed by atoms with Crippen LogP contribution in [0.5, 0.6) is 0 Å². The van der Waals surface area contributed by atoms with E-state index in [-0.39, 0.29) is 11.8 Å². The molecule has 3 aromatic rings. The lowest BCUT2D eigenvalue weighted by molar-refractivity contribution is -0.117. The number of nitrogens with one attached hydrogen (secondary N) is 1. The van der Waals surface area contributed by atoms with Gasteiger partial charge in [0.2, 0.25) is 5.91 Å². The maximum atomic E-state index is 12.5. The van der Waals surface area contributed by atoms with Crippen molar-refractivity contribution in [3.8, 4) is 0 Å². The summed E-state index contributed by atoms with van der Waals surface area (Å²) < 4.78 is 2.27. The molecule has 1 N–H and O–H groups in total. The quantitative estimate of drug-likeness (QED) is 0.750. The van der Waals surface area contributed by atoms with Gasteiger partial charge in [0.1, 0.15) is 0 Å². The minimum atomic E-state index is 0.0606. The zero-order chi connectivity index (χ0) is 17.4. The molecule has 4 rings (SSSR count). The topological polar surface area (TPSA) is 46.9 Å². The van der Waals surface area contributed by atoms with E-state index in [9.17, 15) is 4.79 Å². The van der Waals surface area contributed by atoms with E-state index >= 15 is 0 Å². The molecule has 0 aliphatic heterocycles. The largest absolute Gasteiger partial charge is 0.347 e. The number of aromatic nitrogens is 2. The van der Waals surface area contributed by atoms with E-state index in [1.807, 2.05) is 18.3 Å². The number of carbonyl (C=O) groups is 1. The van der Waals surface area contributed by atoms with Gasteiger partial charge in [-0.15, -0.1) is 0 Å². The average Bonchev–Trinajstić information content (AvgIpc) is 3.32. The lowest BCUT2D eigenvalue weighted by Crippen LogP contribution is -2.14. The van der Waals surface area contributed by atoms with Gasteiger partial charge in [0, 0.05) is 47.6 Å². The van der Waals surface area contributed by atoms with Crippen LogP contribution < -0.4 is 5.32 Å². The van der Waals surface area contributed by atoms with Crippen molar-refractivity contribution in [1.29, 1.82) is 0 Å². The summed E-state index contributed by atoms with van der Waals surface area (Å²) in [7, 11) is 0. The van der Waals surface area contributed by atoms with Crippen molar-refractivity contribution < 1.29 is 4.79 Å². The molecule has 2 unspecified atom stereocenters. The molecule has 2 heterocycles. The molecule has 1 amide bonds. The number of carbonyl (C=O) groups excluding carboxylic acids is 1. The Morgan fingerprint density at radius 1 is 1.32 bits per heavy atom.